The molecule has 0 bridgehead atoms. The van der Waals surface area contributed by atoms with E-state index in [1.165, 1.54) is 32.1 Å². The summed E-state index contributed by atoms with van der Waals surface area (Å²) in [7, 11) is 14.8. The number of aliphatic hydroxyl groups is 7. The van der Waals surface area contributed by atoms with Gasteiger partial charge in [0, 0.05) is 440 Å². The maximum atomic E-state index is 8.54. The van der Waals surface area contributed by atoms with Crippen molar-refractivity contribution < 1.29 is 527 Å². The van der Waals surface area contributed by atoms with Gasteiger partial charge in [-0.2, -0.15) is 13.8 Å². The Balaban J connectivity index is -0.00000000490. The Labute approximate surface area is 1080 Å². The number of hydrogen-bond acceptors (Lipinski definition) is 16. The van der Waals surface area contributed by atoms with E-state index in [1.54, 1.807) is 49.4 Å². The van der Waals surface area contributed by atoms with E-state index < -0.39 is 11.9 Å². The van der Waals surface area contributed by atoms with Crippen LogP contribution in [0.4, 0.5) is 0 Å². The molecule has 0 amide bonds. The van der Waals surface area contributed by atoms with E-state index in [1.807, 2.05) is 0 Å². The fourth-order valence-electron chi connectivity index (χ4n) is 2.07. The molecule has 34 heteroatoms. The van der Waals surface area contributed by atoms with E-state index in [9.17, 15) is 0 Å². The Bertz CT molecular complexity index is 603. The molecule has 1 aliphatic heterocycles. The van der Waals surface area contributed by atoms with Crippen LogP contribution in [0.3, 0.4) is 0 Å². The minimum atomic E-state index is -0.993. The summed E-state index contributed by atoms with van der Waals surface area (Å²) >= 11 is 0. The minimum absolute atomic E-state index is 0. The van der Waals surface area contributed by atoms with E-state index in [-0.39, 0.29) is 708 Å². The first kappa shape index (κ1) is 441. The van der Waals surface area contributed by atoms with Crippen LogP contribution in [0.1, 0.15) is 256 Å². The van der Waals surface area contributed by atoms with E-state index >= 15 is 0 Å². The maximum absolute atomic E-state index is 8.54. The van der Waals surface area contributed by atoms with Crippen molar-refractivity contribution in [1.29, 1.82) is 0 Å². The molecule has 1 heterocycles. The molecule has 2 unspecified atom stereocenters. The molecule has 0 aromatic rings. The molecule has 1 aliphatic rings. The van der Waals surface area contributed by atoms with Crippen LogP contribution in [0.15, 0.2) is 0 Å². The predicted molar refractivity (Wildman–Crippen MR) is 483 cm³/mol. The summed E-state index contributed by atoms with van der Waals surface area (Å²) in [5, 5.41) is 56.2. The molecule has 16 nitrogen and oxygen atoms in total. The van der Waals surface area contributed by atoms with Gasteiger partial charge in [-0.1, -0.05) is 216 Å². The summed E-state index contributed by atoms with van der Waals surface area (Å²) in [5.41, 5.74) is 0. The second kappa shape index (κ2) is 567. The van der Waals surface area contributed by atoms with E-state index in [4.69, 9.17) is 68.9 Å². The first-order valence-corrected chi connectivity index (χ1v) is 25.9. The zero-order valence-corrected chi connectivity index (χ0v) is 129. The topological polar surface area (TPSA) is 225 Å². The van der Waals surface area contributed by atoms with Crippen molar-refractivity contribution in [2.45, 2.75) is 280 Å². The molecule has 0 spiro atoms. The zero-order chi connectivity index (χ0) is 59.9. The van der Waals surface area contributed by atoms with Crippen molar-refractivity contribution in [1.82, 2.24) is 0 Å². The fourth-order valence-corrected chi connectivity index (χ4v) is 2.07. The number of aliphatic hydroxyl groups excluding tert-OH is 7. The SMILES string of the molecule is C.C.C.C.C.C.C.C.C.C.CCC.CCC.CCC.CCC.CCC.CCCOC.CCCOC.CCCOC.CCCOC.CCCOC.OCC(O)CO.OCCO.[CH2-]C.[CH2-]C.[CH2-]C1([CH2-])OCC(CO)O1.[CH2-]OCC(CO)O[CH2-].[CH3-].[CH3-].[CH3-].[CH3-].[CH3-].[CH3-].[CH3-].[CH3-].[CH3-].[CH3-].[CH3-].[CH3-].[CH3-].[CH3-].[CH3-].[CH3-].[CH3-].[W+2].[W+2].[W+2].[W+2].[W].[W].[W].[W].[W].[W].[W].[W].[Y].[Y].[Y].[Y].[Y].[Y]. The Kier molecular flexibility index (Phi) is 2150. The normalized spacial score (nSPS) is 6.98. The summed E-state index contributed by atoms with van der Waals surface area (Å²) in [5.74, 6) is -0.993. The quantitative estimate of drug-likeness (QED) is 0.0634. The molecule has 0 saturated carbocycles. The minimum Gasteiger partial charge on any atom is -0.553 e. The van der Waals surface area contributed by atoms with Crippen molar-refractivity contribution in [3.05, 3.63) is 168 Å². The summed E-state index contributed by atoms with van der Waals surface area (Å²) in [6.45, 7) is 52.7. The molecule has 116 heavy (non-hydrogen) atoms. The van der Waals surface area contributed by atoms with Gasteiger partial charge in [0.05, 0.1) is 52.4 Å². The van der Waals surface area contributed by atoms with Gasteiger partial charge < -0.3 is 232 Å². The molecule has 6 radical (unpaired) electrons. The molecular formula is C82H225O16W12Y6-15. The summed E-state index contributed by atoms with van der Waals surface area (Å²) in [6, 6.07) is 0. The van der Waals surface area contributed by atoms with Gasteiger partial charge in [0.25, 0.3) is 0 Å². The van der Waals surface area contributed by atoms with Crippen molar-refractivity contribution in [3.63, 3.8) is 0 Å². The number of methoxy groups -OCH3 is 5. The van der Waals surface area contributed by atoms with E-state index in [2.05, 4.69) is 155 Å². The van der Waals surface area contributed by atoms with Crippen molar-refractivity contribution in [3.8, 4) is 0 Å². The molecule has 1 fully saturated rings. The molecule has 7 N–H and O–H groups in total. The smallest absolute Gasteiger partial charge is 0.553 e. The molecule has 754 valence electrons. The second-order valence-electron chi connectivity index (χ2n) is 13.5. The fraction of sp³-hybridized carbons (Fsp3) is 0.720. The third-order valence-corrected chi connectivity index (χ3v) is 4.42. The van der Waals surface area contributed by atoms with Gasteiger partial charge >= 0.3 is 84.3 Å². The number of rotatable bonds is 18. The zero-order valence-electron chi connectivity index (χ0n) is 76.9. The molecule has 0 aliphatic carbocycles. The molecule has 0 aromatic heterocycles. The van der Waals surface area contributed by atoms with Gasteiger partial charge in [-0.3, -0.25) is 0 Å². The average molecular weight is 4210 g/mol. The second-order valence-corrected chi connectivity index (χ2v) is 13.5. The third kappa shape index (κ3) is 856. The maximum Gasteiger partial charge on any atom is 2.00 e. The first-order chi connectivity index (χ1) is 33.8. The van der Waals surface area contributed by atoms with Crippen LogP contribution in [-0.2, 0) is 492 Å². The van der Waals surface area contributed by atoms with Crippen LogP contribution in [0.2, 0.25) is 0 Å². The molecule has 1 rings (SSSR count). The van der Waals surface area contributed by atoms with Crippen LogP contribution < -0.4 is 0 Å². The predicted octanol–water partition coefficient (Wildman–Crippen LogP) is 25.0. The first-order valence-electron chi connectivity index (χ1n) is 25.9. The number of hydrogen-bond donors (Lipinski definition) is 7. The largest absolute Gasteiger partial charge is 2.00 e. The van der Waals surface area contributed by atoms with Gasteiger partial charge in [0.1, 0.15) is 12.2 Å². The van der Waals surface area contributed by atoms with Crippen molar-refractivity contribution in [2.75, 3.05) is 121 Å². The molecule has 0 aromatic carbocycles. The van der Waals surface area contributed by atoms with Crippen molar-refractivity contribution in [2.24, 2.45) is 0 Å². The Morgan fingerprint density at radius 3 is 0.509 bits per heavy atom. The van der Waals surface area contributed by atoms with Crippen LogP contribution in [0.25, 0.3) is 0 Å². The number of ether oxygens (including phenoxy) is 9. The van der Waals surface area contributed by atoms with Crippen LogP contribution in [0.5, 0.6) is 0 Å². The summed E-state index contributed by atoms with van der Waals surface area (Å²) in [4.78, 5) is 0. The Hall–Kier alpha value is 14.2. The van der Waals surface area contributed by atoms with Crippen LogP contribution >= 0.6 is 0 Å². The molecule has 2 atom stereocenters. The Morgan fingerprint density at radius 2 is 0.483 bits per heavy atom. The van der Waals surface area contributed by atoms with Gasteiger partial charge in [0.2, 0.25) is 0 Å². The summed E-state index contributed by atoms with van der Waals surface area (Å²) in [6.07, 6.45) is 10.3. The van der Waals surface area contributed by atoms with Gasteiger partial charge in [-0.05, 0) is 32.1 Å². The Morgan fingerprint density at radius 1 is 0.336 bits per heavy atom. The van der Waals surface area contributed by atoms with Crippen LogP contribution in [-0.4, -0.2) is 181 Å². The van der Waals surface area contributed by atoms with Crippen molar-refractivity contribution >= 4 is 0 Å². The van der Waals surface area contributed by atoms with Gasteiger partial charge in [0.15, 0.2) is 0 Å². The van der Waals surface area contributed by atoms with Crippen LogP contribution in [0, 0.1) is 168 Å². The van der Waals surface area contributed by atoms with E-state index in [0.717, 1.165) is 65.1 Å². The standard InChI is InChI=1S/C6H10O3.C5H10O3.5C4H10O.C3H8O3.5C3H8.C2H6O2.2C2H5.10CH4.17CH3.12W.6Y/c1-6(2)8-4-5(3-7)9-6;1-7-4-5(3-6)8-2;5*1-3-4-5-2;4-1-3(6)2-5;5*1-3-2;3-1-2-4;2*1-2;;;;;;;;;;;;;;;;;;;;;;;;;;;;;;;;;;;;;;;;;;;;;/h5,7H,1-4H2;5-6H,1-4H2;5*3-4H2,1-2H3;3-6H,1-2H2;5*3H2,1-2H3;3-4H,1-2H2;2*1H2,2H3;10*1H4;17*1H3;;;;;;;;;;;;;;;;;;/q2*-2;;;;;;;;;;;;;2*-1;;;;;;;;;;;17*-1;;;;;;;;;4*+2;;;;;;. The van der Waals surface area contributed by atoms with E-state index in [0.29, 0.717) is 6.61 Å². The van der Waals surface area contributed by atoms with Gasteiger partial charge in [-0.25, -0.2) is 14.2 Å². The van der Waals surface area contributed by atoms with Gasteiger partial charge in [-0.15, -0.1) is 0 Å². The molecule has 1 saturated heterocycles. The third-order valence-electron chi connectivity index (χ3n) is 4.42. The molecular weight excluding hydrogens is 3980 g/mol. The monoisotopic (exact) mass is 4210 g/mol. The summed E-state index contributed by atoms with van der Waals surface area (Å²) < 4.78 is 42.3. The average Bonchev–Trinajstić information content (AvgIpc) is 1.78.